The Balaban J connectivity index is 1.52. The minimum atomic E-state index is -0.264. The van der Waals surface area contributed by atoms with E-state index >= 15 is 0 Å². The number of carbonyl (C=O) groups is 1. The number of amides is 2. The van der Waals surface area contributed by atoms with E-state index in [9.17, 15) is 4.79 Å². The first kappa shape index (κ1) is 21.8. The fraction of sp³-hybridized carbons (Fsp3) is 0.304. The van der Waals surface area contributed by atoms with Gasteiger partial charge >= 0.3 is 6.03 Å². The lowest BCUT2D eigenvalue weighted by molar-refractivity contribution is 0.243. The largest absolute Gasteiger partial charge is 0.495 e. The Morgan fingerprint density at radius 2 is 1.97 bits per heavy atom. The van der Waals surface area contributed by atoms with Gasteiger partial charge in [0.25, 0.3) is 0 Å². The highest BCUT2D eigenvalue weighted by Gasteiger charge is 2.33. The number of hydrogen-bond donors (Lipinski definition) is 2. The second-order valence-corrected chi connectivity index (χ2v) is 8.13. The lowest BCUT2D eigenvalue weighted by Gasteiger charge is -2.39. The number of pyridine rings is 1. The Labute approximate surface area is 192 Å². The van der Waals surface area contributed by atoms with Crippen molar-refractivity contribution in [2.45, 2.75) is 25.3 Å². The first-order valence-electron chi connectivity index (χ1n) is 10.4. The number of carbonyl (C=O) groups excluding carboxylic acids is 1. The standard InChI is InChI=1S/C23H25ClN6O2/c1-15-11-25-13-22(27-15)30-10-9-21(19(14-30)20-8-7-18(32-2)12-26-20)29-23(31)28-17-5-3-16(24)4-6-17/h3-8,11-13,19,21H,9-10,14H2,1-2H3,(H2,28,29,31)/t19-,21+/m0/s1. The van der Waals surface area contributed by atoms with E-state index in [4.69, 9.17) is 16.3 Å². The van der Waals surface area contributed by atoms with Crippen molar-refractivity contribution in [2.75, 3.05) is 30.4 Å². The number of halogens is 1. The molecule has 9 heteroatoms. The number of methoxy groups -OCH3 is 1. The zero-order chi connectivity index (χ0) is 22.5. The molecule has 1 saturated heterocycles. The number of anilines is 2. The van der Waals surface area contributed by atoms with Crippen molar-refractivity contribution >= 4 is 29.1 Å². The van der Waals surface area contributed by atoms with Crippen LogP contribution in [0.25, 0.3) is 0 Å². The Kier molecular flexibility index (Phi) is 6.70. The van der Waals surface area contributed by atoms with Gasteiger partial charge in [0.15, 0.2) is 0 Å². The van der Waals surface area contributed by atoms with Gasteiger partial charge in [-0.15, -0.1) is 0 Å². The van der Waals surface area contributed by atoms with Crippen molar-refractivity contribution in [1.82, 2.24) is 20.3 Å². The highest BCUT2D eigenvalue weighted by Crippen LogP contribution is 2.29. The van der Waals surface area contributed by atoms with Crippen LogP contribution in [0.3, 0.4) is 0 Å². The van der Waals surface area contributed by atoms with E-state index in [-0.39, 0.29) is 18.0 Å². The molecule has 1 aliphatic heterocycles. The summed E-state index contributed by atoms with van der Waals surface area (Å²) in [6.45, 7) is 3.33. The molecule has 2 amide bonds. The van der Waals surface area contributed by atoms with Crippen molar-refractivity contribution in [3.8, 4) is 5.75 Å². The van der Waals surface area contributed by atoms with E-state index in [0.29, 0.717) is 23.0 Å². The summed E-state index contributed by atoms with van der Waals surface area (Å²) < 4.78 is 5.25. The quantitative estimate of drug-likeness (QED) is 0.607. The molecule has 8 nitrogen and oxygen atoms in total. The van der Waals surface area contributed by atoms with Crippen molar-refractivity contribution in [3.63, 3.8) is 0 Å². The maximum Gasteiger partial charge on any atom is 0.319 e. The summed E-state index contributed by atoms with van der Waals surface area (Å²) in [5, 5.41) is 6.62. The number of hydrogen-bond acceptors (Lipinski definition) is 6. The predicted octanol–water partition coefficient (Wildman–Crippen LogP) is 4.03. The summed E-state index contributed by atoms with van der Waals surface area (Å²) in [5.41, 5.74) is 2.43. The molecule has 4 rings (SSSR count). The number of benzene rings is 1. The minimum absolute atomic E-state index is 0.0343. The van der Waals surface area contributed by atoms with Gasteiger partial charge in [0.1, 0.15) is 11.6 Å². The molecule has 0 spiro atoms. The number of aromatic nitrogens is 3. The summed E-state index contributed by atoms with van der Waals surface area (Å²) in [7, 11) is 1.61. The lowest BCUT2D eigenvalue weighted by Crippen LogP contribution is -2.51. The van der Waals surface area contributed by atoms with Crippen LogP contribution in [0.4, 0.5) is 16.3 Å². The molecule has 3 aromatic rings. The monoisotopic (exact) mass is 452 g/mol. The zero-order valence-electron chi connectivity index (χ0n) is 18.0. The first-order chi connectivity index (χ1) is 15.5. The highest BCUT2D eigenvalue weighted by atomic mass is 35.5. The topological polar surface area (TPSA) is 92.3 Å². The van der Waals surface area contributed by atoms with Gasteiger partial charge in [-0.25, -0.2) is 9.78 Å². The van der Waals surface area contributed by atoms with Crippen LogP contribution < -0.4 is 20.3 Å². The van der Waals surface area contributed by atoms with Gasteiger partial charge in [-0.3, -0.25) is 9.97 Å². The molecule has 0 unspecified atom stereocenters. The van der Waals surface area contributed by atoms with Gasteiger partial charge in [0.2, 0.25) is 0 Å². The van der Waals surface area contributed by atoms with Crippen LogP contribution in [0.1, 0.15) is 23.7 Å². The molecule has 0 aliphatic carbocycles. The molecular weight excluding hydrogens is 428 g/mol. The van der Waals surface area contributed by atoms with E-state index in [1.165, 1.54) is 0 Å². The molecule has 0 radical (unpaired) electrons. The molecule has 2 aromatic heterocycles. The number of ether oxygens (including phenoxy) is 1. The summed E-state index contributed by atoms with van der Waals surface area (Å²) in [4.78, 5) is 28.4. The van der Waals surface area contributed by atoms with Crippen LogP contribution in [-0.4, -0.2) is 47.2 Å². The van der Waals surface area contributed by atoms with E-state index in [2.05, 4.69) is 30.5 Å². The molecular formula is C23H25ClN6O2. The third kappa shape index (κ3) is 5.26. The third-order valence-corrected chi connectivity index (χ3v) is 5.72. The van der Waals surface area contributed by atoms with Crippen molar-refractivity contribution in [2.24, 2.45) is 0 Å². The first-order valence-corrected chi connectivity index (χ1v) is 10.8. The average Bonchev–Trinajstić information content (AvgIpc) is 2.81. The number of piperidine rings is 1. The van der Waals surface area contributed by atoms with Crippen LogP contribution in [0.15, 0.2) is 55.0 Å². The molecule has 1 aliphatic rings. The zero-order valence-corrected chi connectivity index (χ0v) is 18.7. The average molecular weight is 453 g/mol. The summed E-state index contributed by atoms with van der Waals surface area (Å²) in [6.07, 6.45) is 5.95. The number of rotatable bonds is 5. The van der Waals surface area contributed by atoms with Crippen LogP contribution in [0.2, 0.25) is 5.02 Å². The van der Waals surface area contributed by atoms with Gasteiger partial charge < -0.3 is 20.3 Å². The van der Waals surface area contributed by atoms with Gasteiger partial charge in [0, 0.05) is 47.7 Å². The smallest absolute Gasteiger partial charge is 0.319 e. The van der Waals surface area contributed by atoms with E-state index < -0.39 is 0 Å². The van der Waals surface area contributed by atoms with Crippen molar-refractivity contribution in [3.05, 3.63) is 71.4 Å². The summed E-state index contributed by atoms with van der Waals surface area (Å²) in [5.74, 6) is 1.48. The molecule has 0 bridgehead atoms. The Bertz CT molecular complexity index is 1060. The van der Waals surface area contributed by atoms with Gasteiger partial charge in [-0.05, 0) is 49.7 Å². The minimum Gasteiger partial charge on any atom is -0.495 e. The van der Waals surface area contributed by atoms with Crippen molar-refractivity contribution in [1.29, 1.82) is 0 Å². The highest BCUT2D eigenvalue weighted by molar-refractivity contribution is 6.30. The van der Waals surface area contributed by atoms with Gasteiger partial charge in [-0.2, -0.15) is 0 Å². The third-order valence-electron chi connectivity index (χ3n) is 5.47. The number of nitrogens with zero attached hydrogens (tertiary/aromatic N) is 4. The van der Waals surface area contributed by atoms with Gasteiger partial charge in [-0.1, -0.05) is 11.6 Å². The molecule has 166 valence electrons. The second kappa shape index (κ2) is 9.82. The Morgan fingerprint density at radius 3 is 2.66 bits per heavy atom. The maximum absolute atomic E-state index is 12.7. The normalized spacial score (nSPS) is 18.2. The fourth-order valence-electron chi connectivity index (χ4n) is 3.84. The molecule has 1 aromatic carbocycles. The predicted molar refractivity (Wildman–Crippen MR) is 125 cm³/mol. The molecule has 3 heterocycles. The van der Waals surface area contributed by atoms with Crippen LogP contribution >= 0.6 is 11.6 Å². The molecule has 0 saturated carbocycles. The van der Waals surface area contributed by atoms with Crippen molar-refractivity contribution < 1.29 is 9.53 Å². The Hall–Kier alpha value is -3.39. The molecule has 2 atom stereocenters. The second-order valence-electron chi connectivity index (χ2n) is 7.69. The number of aryl methyl sites for hydroxylation is 1. The number of urea groups is 1. The number of nitrogens with one attached hydrogen (secondary N) is 2. The molecule has 32 heavy (non-hydrogen) atoms. The van der Waals surface area contributed by atoms with Crippen LogP contribution in [0.5, 0.6) is 5.75 Å². The van der Waals surface area contributed by atoms with Crippen LogP contribution in [-0.2, 0) is 0 Å². The fourth-order valence-corrected chi connectivity index (χ4v) is 3.96. The van der Waals surface area contributed by atoms with Crippen LogP contribution in [0, 0.1) is 6.92 Å². The summed E-state index contributed by atoms with van der Waals surface area (Å²) >= 11 is 5.93. The Morgan fingerprint density at radius 1 is 1.16 bits per heavy atom. The maximum atomic E-state index is 12.7. The molecule has 2 N–H and O–H groups in total. The van der Waals surface area contributed by atoms with E-state index in [1.807, 2.05) is 19.1 Å². The van der Waals surface area contributed by atoms with E-state index in [1.54, 1.807) is 50.0 Å². The SMILES string of the molecule is COc1ccc([C@@H]2CN(c3cncc(C)n3)CC[C@H]2NC(=O)Nc2ccc(Cl)cc2)nc1. The summed E-state index contributed by atoms with van der Waals surface area (Å²) in [6, 6.07) is 10.5. The van der Waals surface area contributed by atoms with Gasteiger partial charge in [0.05, 0.1) is 25.2 Å². The molecule has 1 fully saturated rings. The lowest BCUT2D eigenvalue weighted by atomic mass is 9.89. The van der Waals surface area contributed by atoms with E-state index in [0.717, 1.165) is 30.2 Å².